The Balaban J connectivity index is 2.31. The van der Waals surface area contributed by atoms with Gasteiger partial charge in [0.2, 0.25) is 10.8 Å². The Morgan fingerprint density at radius 2 is 2.24 bits per heavy atom. The van der Waals surface area contributed by atoms with Crippen molar-refractivity contribution in [2.24, 2.45) is 0 Å². The number of nitrogens with zero attached hydrogens (tertiary/aromatic N) is 1. The maximum Gasteiger partial charge on any atom is 0.210 e. The molecule has 2 heterocycles. The van der Waals surface area contributed by atoms with Crippen molar-refractivity contribution in [3.05, 3.63) is 46.5 Å². The molecular formula is C13H17Cl3N2O2Si. The molecule has 0 atom stereocenters. The molecule has 1 N–H and O–H groups in total. The number of rotatable bonds is 6. The first kappa shape index (κ1) is 16.6. The Bertz CT molecular complexity index is 544. The van der Waals surface area contributed by atoms with Gasteiger partial charge < -0.3 is 9.15 Å². The molecule has 21 heavy (non-hydrogen) atoms. The zero-order chi connectivity index (χ0) is 15.4. The molecular weight excluding hydrogens is 351 g/mol. The van der Waals surface area contributed by atoms with Gasteiger partial charge in [-0.25, -0.2) is 5.01 Å². The molecule has 0 aliphatic carbocycles. The van der Waals surface area contributed by atoms with Crippen LogP contribution in [0, 0.1) is 0 Å². The quantitative estimate of drug-likeness (QED) is 0.476. The molecule has 8 heteroatoms. The van der Waals surface area contributed by atoms with E-state index in [0.717, 1.165) is 22.2 Å². The van der Waals surface area contributed by atoms with Crippen LogP contribution >= 0.6 is 34.8 Å². The van der Waals surface area contributed by atoms with Crippen molar-refractivity contribution in [2.45, 2.75) is 25.0 Å². The average Bonchev–Trinajstić information content (AvgIpc) is 2.97. The summed E-state index contributed by atoms with van der Waals surface area (Å²) >= 11 is 18.2. The second-order valence-corrected chi connectivity index (χ2v) is 7.23. The summed E-state index contributed by atoms with van der Waals surface area (Å²) in [7, 11) is -0.538. The summed E-state index contributed by atoms with van der Waals surface area (Å²) in [6.45, 7) is 4.44. The van der Waals surface area contributed by atoms with Gasteiger partial charge in [0.05, 0.1) is 15.8 Å². The zero-order valence-electron chi connectivity index (χ0n) is 11.8. The van der Waals surface area contributed by atoms with Crippen molar-refractivity contribution in [2.75, 3.05) is 5.88 Å². The van der Waals surface area contributed by atoms with E-state index in [1.165, 1.54) is 0 Å². The number of hydrazine groups is 1. The van der Waals surface area contributed by atoms with E-state index >= 15 is 0 Å². The van der Waals surface area contributed by atoms with Crippen molar-refractivity contribution in [3.8, 4) is 0 Å². The minimum atomic E-state index is -0.765. The van der Waals surface area contributed by atoms with Crippen LogP contribution in [0.5, 0.6) is 0 Å². The maximum absolute atomic E-state index is 6.07. The number of allylic oxidation sites excluding steroid dienone is 3. The Morgan fingerprint density at radius 3 is 2.76 bits per heavy atom. The maximum atomic E-state index is 6.07. The van der Waals surface area contributed by atoms with Gasteiger partial charge in [0, 0.05) is 11.6 Å². The van der Waals surface area contributed by atoms with Crippen LogP contribution < -0.4 is 5.43 Å². The molecule has 2 rings (SSSR count). The summed E-state index contributed by atoms with van der Waals surface area (Å²) in [5.41, 5.74) is 5.15. The van der Waals surface area contributed by atoms with Crippen LogP contribution in [0.25, 0.3) is 0 Å². The van der Waals surface area contributed by atoms with Gasteiger partial charge in [-0.15, -0.1) is 11.6 Å². The molecule has 0 spiro atoms. The van der Waals surface area contributed by atoms with Gasteiger partial charge in [0.15, 0.2) is 0 Å². The summed E-state index contributed by atoms with van der Waals surface area (Å²) in [6.07, 6.45) is 1.61. The standard InChI is InChI=1S/C13H17Cl3N2O2Si/c1-8-10(6-14)11(21-2)12(18(17-8)13(15)16)20-7-9-4-3-5-19-9/h3-5,13,17H,6-7,21H2,1-2H3. The molecule has 1 aromatic heterocycles. The zero-order valence-corrected chi connectivity index (χ0v) is 15.5. The van der Waals surface area contributed by atoms with Crippen LogP contribution in [0.1, 0.15) is 12.7 Å². The first-order valence-corrected chi connectivity index (χ1v) is 10.1. The van der Waals surface area contributed by atoms with Gasteiger partial charge in [-0.2, -0.15) is 0 Å². The van der Waals surface area contributed by atoms with Crippen molar-refractivity contribution in [1.82, 2.24) is 10.4 Å². The average molecular weight is 368 g/mol. The third-order valence-electron chi connectivity index (χ3n) is 3.20. The minimum Gasteiger partial charge on any atom is -0.470 e. The first-order valence-electron chi connectivity index (χ1n) is 6.56. The Morgan fingerprint density at radius 1 is 1.48 bits per heavy atom. The van der Waals surface area contributed by atoms with Crippen molar-refractivity contribution < 1.29 is 9.15 Å². The number of ether oxygens (including phenoxy) is 1. The molecule has 0 bridgehead atoms. The van der Waals surface area contributed by atoms with Gasteiger partial charge in [-0.1, -0.05) is 29.7 Å². The molecule has 116 valence electrons. The lowest BCUT2D eigenvalue weighted by molar-refractivity contribution is 0.0706. The van der Waals surface area contributed by atoms with Gasteiger partial charge in [-0.05, 0) is 29.8 Å². The molecule has 0 unspecified atom stereocenters. The first-order chi connectivity index (χ1) is 10.1. The van der Waals surface area contributed by atoms with Crippen molar-refractivity contribution in [3.63, 3.8) is 0 Å². The minimum absolute atomic E-state index is 0.313. The number of alkyl halides is 3. The monoisotopic (exact) mass is 366 g/mol. The van der Waals surface area contributed by atoms with Crippen LogP contribution in [0.3, 0.4) is 0 Å². The lowest BCUT2D eigenvalue weighted by Gasteiger charge is -2.36. The van der Waals surface area contributed by atoms with Crippen LogP contribution in [0.4, 0.5) is 0 Å². The summed E-state index contributed by atoms with van der Waals surface area (Å²) < 4.78 is 11.2. The Labute approximate surface area is 141 Å². The largest absolute Gasteiger partial charge is 0.470 e. The van der Waals surface area contributed by atoms with E-state index in [-0.39, 0.29) is 0 Å². The topological polar surface area (TPSA) is 37.6 Å². The molecule has 1 aromatic rings. The van der Waals surface area contributed by atoms with E-state index < -0.39 is 14.5 Å². The fourth-order valence-electron chi connectivity index (χ4n) is 2.17. The third-order valence-corrected chi connectivity index (χ3v) is 5.29. The number of hydrogen-bond acceptors (Lipinski definition) is 4. The third kappa shape index (κ3) is 3.72. The second-order valence-electron chi connectivity index (χ2n) is 4.50. The highest BCUT2D eigenvalue weighted by Crippen LogP contribution is 2.30. The van der Waals surface area contributed by atoms with E-state index in [0.29, 0.717) is 18.4 Å². The number of halogens is 3. The molecule has 0 saturated heterocycles. The molecule has 1 aliphatic rings. The highest BCUT2D eigenvalue weighted by molar-refractivity contribution is 6.46. The smallest absolute Gasteiger partial charge is 0.210 e. The molecule has 4 nitrogen and oxygen atoms in total. The molecule has 1 aliphatic heterocycles. The highest BCUT2D eigenvalue weighted by atomic mass is 35.5. The van der Waals surface area contributed by atoms with Crippen molar-refractivity contribution in [1.29, 1.82) is 0 Å². The summed E-state index contributed by atoms with van der Waals surface area (Å²) in [6, 6.07) is 3.67. The molecule has 0 fully saturated rings. The van der Waals surface area contributed by atoms with Gasteiger partial charge in [0.1, 0.15) is 12.4 Å². The number of nitrogens with one attached hydrogen (secondary N) is 1. The fourth-order valence-corrected chi connectivity index (χ4v) is 4.36. The fraction of sp³-hybridized carbons (Fsp3) is 0.385. The van der Waals surface area contributed by atoms with Crippen LogP contribution in [0.15, 0.2) is 45.2 Å². The molecule has 0 saturated carbocycles. The highest BCUT2D eigenvalue weighted by Gasteiger charge is 2.28. The lowest BCUT2D eigenvalue weighted by atomic mass is 10.2. The summed E-state index contributed by atoms with van der Waals surface area (Å²) in [4.78, 5) is -0.765. The second kappa shape index (κ2) is 7.49. The SMILES string of the molecule is C[SiH2]C1=C(OCc2ccco2)N(C(Cl)Cl)NC(C)=C1CCl. The summed E-state index contributed by atoms with van der Waals surface area (Å²) in [5, 5.41) is 2.74. The van der Waals surface area contributed by atoms with E-state index in [4.69, 9.17) is 44.0 Å². The number of furan rings is 1. The lowest BCUT2D eigenvalue weighted by Crippen LogP contribution is -2.44. The van der Waals surface area contributed by atoms with Crippen molar-refractivity contribution >= 4 is 44.3 Å². The van der Waals surface area contributed by atoms with Crippen LogP contribution in [-0.2, 0) is 11.3 Å². The Hall–Kier alpha value is -0.753. The van der Waals surface area contributed by atoms with Gasteiger partial charge >= 0.3 is 0 Å². The predicted molar refractivity (Wildman–Crippen MR) is 88.8 cm³/mol. The van der Waals surface area contributed by atoms with E-state index in [1.54, 1.807) is 11.3 Å². The van der Waals surface area contributed by atoms with E-state index in [9.17, 15) is 0 Å². The van der Waals surface area contributed by atoms with Crippen LogP contribution in [-0.4, -0.2) is 25.4 Å². The molecule has 0 amide bonds. The molecule has 0 radical (unpaired) electrons. The van der Waals surface area contributed by atoms with Gasteiger partial charge in [0.25, 0.3) is 0 Å². The molecule has 0 aromatic carbocycles. The van der Waals surface area contributed by atoms with E-state index in [2.05, 4.69) is 12.0 Å². The van der Waals surface area contributed by atoms with Crippen LogP contribution in [0.2, 0.25) is 6.55 Å². The summed E-state index contributed by atoms with van der Waals surface area (Å²) in [5.74, 6) is 1.79. The van der Waals surface area contributed by atoms with Gasteiger partial charge in [-0.3, -0.25) is 5.43 Å². The van der Waals surface area contributed by atoms with E-state index in [1.807, 2.05) is 19.1 Å². The normalized spacial score (nSPS) is 16.4. The number of hydrogen-bond donors (Lipinski definition) is 1. The Kier molecular flexibility index (Phi) is 5.93. The predicted octanol–water partition coefficient (Wildman–Crippen LogP) is 3.28.